The smallest absolute Gasteiger partial charge is 0.303 e. The fraction of sp³-hybridized carbons (Fsp3) is 0.200. The lowest BCUT2D eigenvalue weighted by atomic mass is 10.3. The van der Waals surface area contributed by atoms with Crippen molar-refractivity contribution in [3.8, 4) is 0 Å². The normalized spacial score (nSPS) is 13.8. The number of thiazole rings is 1. The predicted molar refractivity (Wildman–Crippen MR) is 124 cm³/mol. The second kappa shape index (κ2) is 9.53. The molecule has 0 bridgehead atoms. The third kappa shape index (κ3) is 5.26. The number of hydrogen-bond acceptors (Lipinski definition) is 9. The molecular weight excluding hydrogens is 492 g/mol. The van der Waals surface area contributed by atoms with Gasteiger partial charge in [0.2, 0.25) is 19.9 Å². The van der Waals surface area contributed by atoms with Gasteiger partial charge in [0.25, 0.3) is 0 Å². The second-order valence-corrected chi connectivity index (χ2v) is 12.6. The van der Waals surface area contributed by atoms with Crippen LogP contribution in [0.3, 0.4) is 0 Å². The highest BCUT2D eigenvalue weighted by Crippen LogP contribution is 2.36. The maximum atomic E-state index is 13.0. The summed E-state index contributed by atoms with van der Waals surface area (Å²) in [4.78, 5) is 15.7. The van der Waals surface area contributed by atoms with Crippen LogP contribution in [0.5, 0.6) is 0 Å². The molecule has 0 fully saturated rings. The Morgan fingerprint density at radius 3 is 2.47 bits per heavy atom. The van der Waals surface area contributed by atoms with E-state index in [9.17, 15) is 21.6 Å². The highest BCUT2D eigenvalue weighted by molar-refractivity contribution is 7.94. The van der Waals surface area contributed by atoms with Gasteiger partial charge in [0.15, 0.2) is 5.13 Å². The Kier molecular flexibility index (Phi) is 7.18. The number of anilines is 1. The van der Waals surface area contributed by atoms with E-state index in [-0.39, 0.29) is 14.2 Å². The fourth-order valence-corrected chi connectivity index (χ4v) is 8.24. The third-order valence-electron chi connectivity index (χ3n) is 4.26. The van der Waals surface area contributed by atoms with Crippen molar-refractivity contribution in [2.45, 2.75) is 34.3 Å². The van der Waals surface area contributed by atoms with Gasteiger partial charge in [-0.1, -0.05) is 24.3 Å². The summed E-state index contributed by atoms with van der Waals surface area (Å²) in [7, 11) is -7.79. The number of ether oxygens (including phenoxy) is 1. The number of nitrogens with zero attached hydrogens (tertiary/aromatic N) is 1. The first-order chi connectivity index (χ1) is 15.0. The monoisotopic (exact) mass is 512 g/mol. The van der Waals surface area contributed by atoms with Crippen molar-refractivity contribution < 1.29 is 26.4 Å². The van der Waals surface area contributed by atoms with Crippen molar-refractivity contribution in [1.82, 2.24) is 4.98 Å². The second-order valence-electron chi connectivity index (χ2n) is 6.61. The van der Waals surface area contributed by atoms with Crippen LogP contribution in [0.1, 0.15) is 35.8 Å². The molecule has 0 aliphatic rings. The van der Waals surface area contributed by atoms with Gasteiger partial charge >= 0.3 is 5.97 Å². The number of nitrogens with one attached hydrogen (secondary N) is 1. The quantitative estimate of drug-likeness (QED) is 0.335. The molecule has 32 heavy (non-hydrogen) atoms. The molecule has 2 unspecified atom stereocenters. The van der Waals surface area contributed by atoms with Gasteiger partial charge in [-0.3, -0.25) is 9.52 Å². The van der Waals surface area contributed by atoms with E-state index in [0.717, 1.165) is 22.7 Å². The minimum atomic E-state index is -4.02. The molecule has 0 radical (unpaired) electrons. The maximum Gasteiger partial charge on any atom is 0.303 e. The topological polar surface area (TPSA) is 120 Å². The SMILES string of the molecule is C=CC(c1ccc(S(=O)(=O)c2ccccc2)s1)S(=O)(=O)Nc1nc(C(C)OC(C)=O)cs1. The molecule has 8 nitrogen and oxygen atoms in total. The number of benzene rings is 1. The molecule has 0 spiro atoms. The predicted octanol–water partition coefficient (Wildman–Crippen LogP) is 4.33. The molecule has 2 heterocycles. The summed E-state index contributed by atoms with van der Waals surface area (Å²) >= 11 is 1.91. The third-order valence-corrected chi connectivity index (χ3v) is 10.3. The number of rotatable bonds is 9. The first-order valence-corrected chi connectivity index (χ1v) is 13.9. The van der Waals surface area contributed by atoms with Crippen LogP contribution in [0.15, 0.2) is 69.6 Å². The number of carbonyl (C=O) groups is 1. The zero-order chi connectivity index (χ0) is 23.5. The number of sulfonamides is 1. The van der Waals surface area contributed by atoms with Gasteiger partial charge < -0.3 is 4.74 Å². The number of sulfone groups is 1. The van der Waals surface area contributed by atoms with Crippen molar-refractivity contribution in [3.05, 3.63) is 71.1 Å². The molecule has 0 aliphatic carbocycles. The summed E-state index contributed by atoms with van der Waals surface area (Å²) in [5.41, 5.74) is 0.408. The van der Waals surface area contributed by atoms with E-state index >= 15 is 0 Å². The van der Waals surface area contributed by atoms with Crippen LogP contribution in [-0.4, -0.2) is 27.8 Å². The van der Waals surface area contributed by atoms with Gasteiger partial charge in [0.1, 0.15) is 15.6 Å². The highest BCUT2D eigenvalue weighted by Gasteiger charge is 2.29. The molecule has 2 atom stereocenters. The molecule has 3 rings (SSSR count). The van der Waals surface area contributed by atoms with E-state index in [0.29, 0.717) is 10.6 Å². The standard InChI is InChI=1S/C20H20N2O6S4/c1-4-18(17-10-11-19(30-17)31(24,25)15-8-6-5-7-9-15)32(26,27)22-20-21-16(12-29-20)13(2)28-14(3)23/h4-13,18H,1H2,2-3H3,(H,21,22). The Morgan fingerprint density at radius 2 is 1.84 bits per heavy atom. The number of esters is 1. The fourth-order valence-electron chi connectivity index (χ4n) is 2.76. The Bertz CT molecular complexity index is 1330. The lowest BCUT2D eigenvalue weighted by Crippen LogP contribution is -2.19. The molecule has 1 N–H and O–H groups in total. The summed E-state index contributed by atoms with van der Waals surface area (Å²) in [6.07, 6.45) is 0.601. The van der Waals surface area contributed by atoms with Crippen LogP contribution < -0.4 is 4.72 Å². The Hall–Kier alpha value is -2.54. The molecule has 1 aromatic carbocycles. The molecule has 0 saturated carbocycles. The van der Waals surface area contributed by atoms with Crippen molar-refractivity contribution in [3.63, 3.8) is 0 Å². The summed E-state index contributed by atoms with van der Waals surface area (Å²) in [6.45, 7) is 6.50. The lowest BCUT2D eigenvalue weighted by molar-refractivity contribution is -0.145. The number of hydrogen-bond donors (Lipinski definition) is 1. The van der Waals surface area contributed by atoms with Gasteiger partial charge in [-0.25, -0.2) is 21.8 Å². The Morgan fingerprint density at radius 1 is 1.16 bits per heavy atom. The van der Waals surface area contributed by atoms with Crippen molar-refractivity contribution in [1.29, 1.82) is 0 Å². The molecule has 2 aromatic heterocycles. The zero-order valence-corrected chi connectivity index (χ0v) is 20.4. The highest BCUT2D eigenvalue weighted by atomic mass is 32.2. The van der Waals surface area contributed by atoms with Crippen LogP contribution in [0.4, 0.5) is 5.13 Å². The summed E-state index contributed by atoms with van der Waals surface area (Å²) in [5.74, 6) is -0.474. The van der Waals surface area contributed by atoms with Gasteiger partial charge in [-0.05, 0) is 31.2 Å². The summed E-state index contributed by atoms with van der Waals surface area (Å²) in [6, 6.07) is 10.8. The van der Waals surface area contributed by atoms with Crippen LogP contribution in [-0.2, 0) is 29.4 Å². The average molecular weight is 513 g/mol. The first kappa shape index (κ1) is 24.1. The van der Waals surface area contributed by atoms with E-state index < -0.39 is 37.2 Å². The molecule has 12 heteroatoms. The molecule has 0 saturated heterocycles. The van der Waals surface area contributed by atoms with Crippen molar-refractivity contribution in [2.24, 2.45) is 0 Å². The van der Waals surface area contributed by atoms with E-state index in [1.165, 1.54) is 37.3 Å². The number of carbonyl (C=O) groups excluding carboxylic acids is 1. The molecule has 0 amide bonds. The minimum Gasteiger partial charge on any atom is -0.456 e. The lowest BCUT2D eigenvalue weighted by Gasteiger charge is -2.13. The molecular formula is C20H20N2O6S4. The van der Waals surface area contributed by atoms with Crippen molar-refractivity contribution >= 4 is 53.6 Å². The molecule has 3 aromatic rings. The van der Waals surface area contributed by atoms with E-state index in [1.807, 2.05) is 0 Å². The van der Waals surface area contributed by atoms with Crippen LogP contribution in [0, 0.1) is 0 Å². The number of thiophene rings is 1. The van der Waals surface area contributed by atoms with Crippen LogP contribution in [0.25, 0.3) is 0 Å². The molecule has 170 valence electrons. The van der Waals surface area contributed by atoms with Gasteiger partial charge in [0.05, 0.1) is 10.6 Å². The van der Waals surface area contributed by atoms with Gasteiger partial charge in [-0.2, -0.15) is 0 Å². The summed E-state index contributed by atoms with van der Waals surface area (Å²) in [5, 5.41) is 0.495. The Balaban J connectivity index is 1.83. The average Bonchev–Trinajstić information content (AvgIpc) is 3.38. The van der Waals surface area contributed by atoms with Gasteiger partial charge in [-0.15, -0.1) is 29.3 Å². The minimum absolute atomic E-state index is 0.0347. The molecule has 0 aliphatic heterocycles. The van der Waals surface area contributed by atoms with Crippen LogP contribution >= 0.6 is 22.7 Å². The summed E-state index contributed by atoms with van der Waals surface area (Å²) < 4.78 is 59.1. The Labute approximate surface area is 194 Å². The van der Waals surface area contributed by atoms with Crippen LogP contribution in [0.2, 0.25) is 0 Å². The van der Waals surface area contributed by atoms with Gasteiger partial charge in [0, 0.05) is 17.2 Å². The largest absolute Gasteiger partial charge is 0.456 e. The van der Waals surface area contributed by atoms with E-state index in [2.05, 4.69) is 16.3 Å². The first-order valence-electron chi connectivity index (χ1n) is 9.21. The zero-order valence-electron chi connectivity index (χ0n) is 17.1. The number of aromatic nitrogens is 1. The maximum absolute atomic E-state index is 13.0. The van der Waals surface area contributed by atoms with E-state index in [4.69, 9.17) is 4.74 Å². The van der Waals surface area contributed by atoms with E-state index in [1.54, 1.807) is 30.5 Å². The van der Waals surface area contributed by atoms with Crippen molar-refractivity contribution in [2.75, 3.05) is 4.72 Å².